The minimum absolute atomic E-state index is 0.0427. The molecule has 19 rings (SSSR count). The second-order valence-corrected chi connectivity index (χ2v) is 25.3. The third kappa shape index (κ3) is 9.02. The fourth-order valence-corrected chi connectivity index (χ4v) is 15.9. The van der Waals surface area contributed by atoms with Crippen LogP contribution in [0.4, 0.5) is 34.1 Å². The van der Waals surface area contributed by atoms with Crippen LogP contribution in [0.15, 0.2) is 322 Å². The second-order valence-electron chi connectivity index (χ2n) is 24.3. The predicted octanol–water partition coefficient (Wildman–Crippen LogP) is 19.9. The summed E-state index contributed by atoms with van der Waals surface area (Å²) < 4.78 is 4.91. The summed E-state index contributed by atoms with van der Waals surface area (Å²) in [5.41, 5.74) is 22.8. The van der Waals surface area contributed by atoms with Gasteiger partial charge in [-0.05, 0) is 125 Å². The van der Waals surface area contributed by atoms with Crippen molar-refractivity contribution in [2.75, 3.05) is 9.80 Å². The third-order valence-electron chi connectivity index (χ3n) is 18.8. The van der Waals surface area contributed by atoms with Gasteiger partial charge in [0.15, 0.2) is 23.3 Å². The highest BCUT2D eigenvalue weighted by atomic mass is 32.1. The Balaban J connectivity index is 0.793. The number of fused-ring (bicyclic) bond motifs is 11. The minimum Gasteiger partial charge on any atom is -0.311 e. The molecule has 95 heavy (non-hydrogen) atoms. The number of nitrogens with zero attached hydrogens (tertiary/aromatic N) is 8. The lowest BCUT2D eigenvalue weighted by atomic mass is 9.33. The van der Waals surface area contributed by atoms with Crippen LogP contribution in [0.2, 0.25) is 0 Å². The Bertz CT molecular complexity index is 5840. The molecule has 2 aliphatic rings. The number of hydrogen-bond acceptors (Lipinski definition) is 8. The predicted molar refractivity (Wildman–Crippen MR) is 395 cm³/mol. The number of rotatable bonds is 10. The molecule has 0 fully saturated rings. The van der Waals surface area contributed by atoms with Crippen molar-refractivity contribution in [3.05, 3.63) is 322 Å². The van der Waals surface area contributed by atoms with Crippen molar-refractivity contribution in [2.24, 2.45) is 0 Å². The van der Waals surface area contributed by atoms with Crippen molar-refractivity contribution in [3.8, 4) is 84.9 Å². The van der Waals surface area contributed by atoms with Crippen LogP contribution >= 0.6 is 11.3 Å². The van der Waals surface area contributed by atoms with Gasteiger partial charge in [0, 0.05) is 98.4 Å². The topological polar surface area (TPSA) is 75.9 Å². The Morgan fingerprint density at radius 2 is 0.779 bits per heavy atom. The first kappa shape index (κ1) is 54.4. The molecule has 8 nitrogen and oxygen atoms in total. The first-order valence-electron chi connectivity index (χ1n) is 32.1. The van der Waals surface area contributed by atoms with Crippen LogP contribution in [0, 0.1) is 0 Å². The molecule has 0 unspecified atom stereocenters. The molecular formula is C85H53BN8S. The largest absolute Gasteiger partial charge is 0.311 e. The maximum Gasteiger partial charge on any atom is 0.252 e. The van der Waals surface area contributed by atoms with Crippen LogP contribution in [0.5, 0.6) is 0 Å². The Labute approximate surface area is 552 Å². The van der Waals surface area contributed by atoms with Gasteiger partial charge in [0.2, 0.25) is 0 Å². The fraction of sp³-hybridized carbons (Fsp3) is 0. The lowest BCUT2D eigenvalue weighted by Gasteiger charge is -2.44. The van der Waals surface area contributed by atoms with Gasteiger partial charge in [0.05, 0.1) is 28.1 Å². The van der Waals surface area contributed by atoms with E-state index >= 15 is 0 Å². The van der Waals surface area contributed by atoms with Crippen molar-refractivity contribution < 1.29 is 0 Å². The average Bonchev–Trinajstić information content (AvgIpc) is 1.20. The van der Waals surface area contributed by atoms with E-state index < -0.39 is 0 Å². The van der Waals surface area contributed by atoms with E-state index in [0.29, 0.717) is 23.3 Å². The van der Waals surface area contributed by atoms with Crippen molar-refractivity contribution in [1.29, 1.82) is 0 Å². The van der Waals surface area contributed by atoms with E-state index in [0.717, 1.165) is 95.4 Å². The quantitative estimate of drug-likeness (QED) is 0.126. The summed E-state index contributed by atoms with van der Waals surface area (Å²) in [6.45, 7) is 0.0427. The molecule has 0 amide bonds. The molecule has 0 radical (unpaired) electrons. The second kappa shape index (κ2) is 22.2. The van der Waals surface area contributed by atoms with Crippen LogP contribution in [-0.4, -0.2) is 36.2 Å². The Morgan fingerprint density at radius 3 is 1.48 bits per heavy atom. The fourth-order valence-electron chi connectivity index (χ4n) is 14.6. The number of aromatic nitrogens is 6. The van der Waals surface area contributed by atoms with Gasteiger partial charge < -0.3 is 14.4 Å². The molecule has 2 aliphatic heterocycles. The molecule has 13 aromatic carbocycles. The zero-order chi connectivity index (χ0) is 62.5. The van der Waals surface area contributed by atoms with Gasteiger partial charge in [-0.25, -0.2) is 24.9 Å². The Kier molecular flexibility index (Phi) is 12.7. The van der Waals surface area contributed by atoms with Crippen LogP contribution < -0.4 is 26.2 Å². The molecule has 0 bridgehead atoms. The molecule has 0 aliphatic carbocycles. The summed E-state index contributed by atoms with van der Waals surface area (Å²) in [7, 11) is 0. The van der Waals surface area contributed by atoms with Crippen LogP contribution in [0.1, 0.15) is 0 Å². The highest BCUT2D eigenvalue weighted by Gasteiger charge is 2.43. The SMILES string of the molecule is c1ccc(-c2cc(-c3ccccc3)nc(-c3ccc(-n4c5ccccc5c5c6sc7ccccc7c6ccc54)c(-c4nc(-c5ccccc5)nc(-c5cccc(-c6cccc(N7c8ccccc8B8c9ccccc9N(c9ccccc9)c9cccc7c98)c6)c5)n4)c3)n2)cc1. The van der Waals surface area contributed by atoms with E-state index in [1.807, 2.05) is 41.7 Å². The highest BCUT2D eigenvalue weighted by molar-refractivity contribution is 7.26. The summed E-state index contributed by atoms with van der Waals surface area (Å²) in [4.78, 5) is 32.2. The number of anilines is 6. The molecule has 0 atom stereocenters. The van der Waals surface area contributed by atoms with Gasteiger partial charge in [-0.2, -0.15) is 0 Å². The zero-order valence-corrected chi connectivity index (χ0v) is 52.0. The average molecular weight is 1230 g/mol. The number of para-hydroxylation sites is 4. The summed E-state index contributed by atoms with van der Waals surface area (Å²) in [5, 5.41) is 4.88. The van der Waals surface area contributed by atoms with E-state index in [1.165, 1.54) is 58.7 Å². The van der Waals surface area contributed by atoms with E-state index in [4.69, 9.17) is 24.9 Å². The normalized spacial score (nSPS) is 12.4. The van der Waals surface area contributed by atoms with Gasteiger partial charge >= 0.3 is 0 Å². The number of hydrogen-bond donors (Lipinski definition) is 0. The number of benzene rings is 13. The molecule has 10 heteroatoms. The smallest absolute Gasteiger partial charge is 0.252 e. The van der Waals surface area contributed by atoms with Crippen molar-refractivity contribution in [1.82, 2.24) is 29.5 Å². The molecule has 0 N–H and O–H groups in total. The lowest BCUT2D eigenvalue weighted by molar-refractivity contribution is 1.06. The monoisotopic (exact) mass is 1230 g/mol. The summed E-state index contributed by atoms with van der Waals surface area (Å²) in [6, 6.07) is 115. The first-order valence-corrected chi connectivity index (χ1v) is 32.9. The lowest BCUT2D eigenvalue weighted by Crippen LogP contribution is -2.61. The number of thiophene rings is 1. The zero-order valence-electron chi connectivity index (χ0n) is 51.2. The molecule has 442 valence electrons. The van der Waals surface area contributed by atoms with Crippen LogP contribution in [-0.2, 0) is 0 Å². The molecule has 6 heterocycles. The molecule has 0 spiro atoms. The van der Waals surface area contributed by atoms with E-state index in [1.54, 1.807) is 0 Å². The van der Waals surface area contributed by atoms with Gasteiger partial charge in [0.25, 0.3) is 6.71 Å². The van der Waals surface area contributed by atoms with Gasteiger partial charge in [-0.3, -0.25) is 0 Å². The van der Waals surface area contributed by atoms with E-state index in [9.17, 15) is 0 Å². The summed E-state index contributed by atoms with van der Waals surface area (Å²) >= 11 is 1.85. The van der Waals surface area contributed by atoms with Gasteiger partial charge in [-0.15, -0.1) is 11.3 Å². The van der Waals surface area contributed by atoms with E-state index in [2.05, 4.69) is 306 Å². The highest BCUT2D eigenvalue weighted by Crippen LogP contribution is 2.47. The molecule has 4 aromatic heterocycles. The van der Waals surface area contributed by atoms with E-state index in [-0.39, 0.29) is 6.71 Å². The maximum absolute atomic E-state index is 5.64. The summed E-state index contributed by atoms with van der Waals surface area (Å²) in [5.74, 6) is 2.19. The molecule has 0 saturated carbocycles. The van der Waals surface area contributed by atoms with Gasteiger partial charge in [-0.1, -0.05) is 224 Å². The Hall–Kier alpha value is -12.4. The Morgan fingerprint density at radius 1 is 0.284 bits per heavy atom. The van der Waals surface area contributed by atoms with Crippen molar-refractivity contribution >= 4 is 111 Å². The first-order chi connectivity index (χ1) is 47.1. The molecule has 17 aromatic rings. The maximum atomic E-state index is 5.64. The van der Waals surface area contributed by atoms with Crippen molar-refractivity contribution in [3.63, 3.8) is 0 Å². The van der Waals surface area contributed by atoms with Gasteiger partial charge in [0.1, 0.15) is 0 Å². The third-order valence-corrected chi connectivity index (χ3v) is 20.0. The summed E-state index contributed by atoms with van der Waals surface area (Å²) in [6.07, 6.45) is 0. The molecule has 0 saturated heterocycles. The standard InChI is InChI=1S/C85H53BN8S/c1-5-24-54(25-6-1)69-53-70(55-26-7-2-8-27-55)88-83(87-69)60-46-48-72(94-71-40-17-13-37-65(71)79-75(94)49-47-64-63-36-14-20-45-78(63)95-81(64)79)66(52-60)85-90-82(56-28-9-3-10-29-56)89-84(91-85)59-32-21-30-57(50-59)58-31-22-35-62(51-58)93-74-42-19-16-39-68(74)86-67-38-15-18-41-73(67)92(61-33-11-4-12-34-61)76-43-23-44-77(93)80(76)86/h1-53H. The minimum atomic E-state index is 0.0427. The van der Waals surface area contributed by atoms with Crippen LogP contribution in [0.25, 0.3) is 127 Å². The molecular weight excluding hydrogens is 1180 g/mol. The van der Waals surface area contributed by atoms with Crippen molar-refractivity contribution in [2.45, 2.75) is 0 Å². The van der Waals surface area contributed by atoms with Crippen LogP contribution in [0.3, 0.4) is 0 Å².